The maximum absolute atomic E-state index is 12.7. The molecular formula is C55H88O6. The number of carbonyl (C=O) groups excluding carboxylic acids is 3. The average molecular weight is 845 g/mol. The number of hydrogen-bond acceptors (Lipinski definition) is 6. The number of esters is 3. The predicted molar refractivity (Wildman–Crippen MR) is 260 cm³/mol. The summed E-state index contributed by atoms with van der Waals surface area (Å²) >= 11 is 0. The highest BCUT2D eigenvalue weighted by molar-refractivity contribution is 5.71. The third-order valence-corrected chi connectivity index (χ3v) is 9.74. The number of ether oxygens (including phenoxy) is 3. The minimum absolute atomic E-state index is 0.114. The summed E-state index contributed by atoms with van der Waals surface area (Å²) in [6.45, 7) is 6.29. The summed E-state index contributed by atoms with van der Waals surface area (Å²) in [7, 11) is 0. The van der Waals surface area contributed by atoms with Crippen molar-refractivity contribution in [3.05, 3.63) is 109 Å². The molecule has 0 bridgehead atoms. The van der Waals surface area contributed by atoms with Crippen LogP contribution in [0.15, 0.2) is 109 Å². The molecule has 0 radical (unpaired) electrons. The van der Waals surface area contributed by atoms with E-state index < -0.39 is 6.10 Å². The van der Waals surface area contributed by atoms with Gasteiger partial charge in [-0.15, -0.1) is 0 Å². The molecule has 0 aliphatic carbocycles. The molecule has 0 aliphatic heterocycles. The molecule has 1 atom stereocenters. The lowest BCUT2D eigenvalue weighted by Gasteiger charge is -2.18. The quantitative estimate of drug-likeness (QED) is 0.0264. The van der Waals surface area contributed by atoms with Crippen LogP contribution in [0.4, 0.5) is 0 Å². The Morgan fingerprint density at radius 2 is 0.656 bits per heavy atom. The molecule has 0 N–H and O–H groups in total. The van der Waals surface area contributed by atoms with Crippen LogP contribution in [-0.2, 0) is 28.6 Å². The van der Waals surface area contributed by atoms with Crippen molar-refractivity contribution in [2.24, 2.45) is 0 Å². The van der Waals surface area contributed by atoms with E-state index in [0.717, 1.165) is 109 Å². The molecule has 6 nitrogen and oxygen atoms in total. The molecular weight excluding hydrogens is 757 g/mol. The van der Waals surface area contributed by atoms with Crippen molar-refractivity contribution in [2.45, 2.75) is 207 Å². The summed E-state index contributed by atoms with van der Waals surface area (Å²) in [6, 6.07) is 0. The number of hydrogen-bond donors (Lipinski definition) is 0. The van der Waals surface area contributed by atoms with Crippen LogP contribution in [0.1, 0.15) is 201 Å². The minimum atomic E-state index is -0.820. The Labute approximate surface area is 374 Å². The van der Waals surface area contributed by atoms with Gasteiger partial charge in [-0.1, -0.05) is 175 Å². The van der Waals surface area contributed by atoms with Crippen LogP contribution in [-0.4, -0.2) is 37.2 Å². The van der Waals surface area contributed by atoms with Gasteiger partial charge in [0, 0.05) is 19.3 Å². The summed E-state index contributed by atoms with van der Waals surface area (Å²) in [4.78, 5) is 37.9. The number of rotatable bonds is 42. The minimum Gasteiger partial charge on any atom is -0.462 e. The third kappa shape index (κ3) is 47.0. The Morgan fingerprint density at radius 1 is 0.344 bits per heavy atom. The molecule has 0 aromatic rings. The molecule has 0 saturated carbocycles. The number of carbonyl (C=O) groups is 3. The molecule has 0 fully saturated rings. The van der Waals surface area contributed by atoms with Crippen molar-refractivity contribution < 1.29 is 28.6 Å². The van der Waals surface area contributed by atoms with E-state index in [-0.39, 0.29) is 44.0 Å². The Kier molecular flexibility index (Phi) is 45.6. The first-order chi connectivity index (χ1) is 30.0. The van der Waals surface area contributed by atoms with Crippen LogP contribution in [0.3, 0.4) is 0 Å². The van der Waals surface area contributed by atoms with Crippen molar-refractivity contribution in [3.8, 4) is 0 Å². The van der Waals surface area contributed by atoms with Crippen molar-refractivity contribution in [2.75, 3.05) is 13.2 Å². The smallest absolute Gasteiger partial charge is 0.306 e. The lowest BCUT2D eigenvalue weighted by atomic mass is 10.1. The van der Waals surface area contributed by atoms with Gasteiger partial charge < -0.3 is 14.2 Å². The van der Waals surface area contributed by atoms with Crippen LogP contribution in [0, 0.1) is 0 Å². The molecule has 61 heavy (non-hydrogen) atoms. The summed E-state index contributed by atoms with van der Waals surface area (Å²) in [5.74, 6) is -1.02. The Hall–Kier alpha value is -3.93. The Morgan fingerprint density at radius 3 is 1.10 bits per heavy atom. The first kappa shape index (κ1) is 57.1. The molecule has 0 aromatic heterocycles. The highest BCUT2D eigenvalue weighted by Crippen LogP contribution is 2.12. The van der Waals surface area contributed by atoms with E-state index in [4.69, 9.17) is 14.2 Å². The maximum atomic E-state index is 12.7. The molecule has 6 heteroatoms. The average Bonchev–Trinajstić information content (AvgIpc) is 3.26. The number of unbranched alkanes of at least 4 members (excludes halogenated alkanes) is 13. The third-order valence-electron chi connectivity index (χ3n) is 9.74. The van der Waals surface area contributed by atoms with Gasteiger partial charge in [-0.3, -0.25) is 14.4 Å². The first-order valence-electron chi connectivity index (χ1n) is 24.4. The van der Waals surface area contributed by atoms with Crippen molar-refractivity contribution in [1.82, 2.24) is 0 Å². The van der Waals surface area contributed by atoms with Gasteiger partial charge in [-0.25, -0.2) is 0 Å². The Balaban J connectivity index is 4.55. The van der Waals surface area contributed by atoms with E-state index in [0.29, 0.717) is 19.3 Å². The second kappa shape index (κ2) is 48.7. The Bertz CT molecular complexity index is 1290. The van der Waals surface area contributed by atoms with Gasteiger partial charge in [0.15, 0.2) is 6.10 Å². The van der Waals surface area contributed by atoms with Crippen LogP contribution in [0.5, 0.6) is 0 Å². The fraction of sp³-hybridized carbons (Fsp3) is 0.618. The normalized spacial score (nSPS) is 13.0. The van der Waals surface area contributed by atoms with Gasteiger partial charge in [0.05, 0.1) is 0 Å². The highest BCUT2D eigenvalue weighted by atomic mass is 16.6. The molecule has 0 rings (SSSR count). The lowest BCUT2D eigenvalue weighted by molar-refractivity contribution is -0.167. The predicted octanol–water partition coefficient (Wildman–Crippen LogP) is 16.0. The van der Waals surface area contributed by atoms with Crippen LogP contribution in [0.2, 0.25) is 0 Å². The van der Waals surface area contributed by atoms with E-state index in [9.17, 15) is 14.4 Å². The summed E-state index contributed by atoms with van der Waals surface area (Å²) in [5.41, 5.74) is 0. The zero-order chi connectivity index (χ0) is 44.4. The fourth-order valence-corrected chi connectivity index (χ4v) is 6.13. The molecule has 344 valence electrons. The summed E-state index contributed by atoms with van der Waals surface area (Å²) < 4.78 is 16.7. The zero-order valence-corrected chi connectivity index (χ0v) is 39.1. The molecule has 1 unspecified atom stereocenters. The van der Waals surface area contributed by atoms with Crippen molar-refractivity contribution >= 4 is 17.9 Å². The zero-order valence-electron chi connectivity index (χ0n) is 39.1. The van der Waals surface area contributed by atoms with Crippen molar-refractivity contribution in [1.29, 1.82) is 0 Å². The van der Waals surface area contributed by atoms with Crippen molar-refractivity contribution in [3.63, 3.8) is 0 Å². The van der Waals surface area contributed by atoms with E-state index in [1.54, 1.807) is 0 Å². The molecule has 0 saturated heterocycles. The van der Waals surface area contributed by atoms with E-state index in [1.165, 1.54) is 38.5 Å². The summed E-state index contributed by atoms with van der Waals surface area (Å²) in [6.07, 6.45) is 65.0. The maximum Gasteiger partial charge on any atom is 0.306 e. The van der Waals surface area contributed by atoms with E-state index >= 15 is 0 Å². The van der Waals surface area contributed by atoms with E-state index in [2.05, 4.69) is 130 Å². The molecule has 0 aromatic carbocycles. The van der Waals surface area contributed by atoms with Crippen LogP contribution >= 0.6 is 0 Å². The largest absolute Gasteiger partial charge is 0.462 e. The SMILES string of the molecule is CC/C=C\C/C=C\C/C=C\C/C=C\C/C=C\CCCC(=O)OCC(COC(=O)CCCCCCC/C=C\CCCCCC)OC(=O)CCCCC/C=C\C/C=C\C/C=C\CC. The van der Waals surface area contributed by atoms with Crippen LogP contribution in [0.25, 0.3) is 0 Å². The standard InChI is InChI=1S/C55H88O6/c1-4-7-10-13-16-19-22-25-26-27-28-31-33-36-39-42-45-48-54(57)60-51-52(61-55(58)49-46-43-40-37-34-30-24-21-18-15-12-9-6-3)50-59-53(56)47-44-41-38-35-32-29-23-20-17-14-11-8-5-2/h7,9-10,12,16,18-21,23,25-26,28,30-31,34,36,39,52H,4-6,8,11,13-15,17,22,24,27,29,32-33,35,37-38,40-51H2,1-3H3/b10-7-,12-9-,19-16-,21-18-,23-20-,26-25-,31-28-,34-30-,39-36-. The molecule has 0 aliphatic rings. The number of allylic oxidation sites excluding steroid dienone is 18. The van der Waals surface area contributed by atoms with Gasteiger partial charge in [0.1, 0.15) is 13.2 Å². The highest BCUT2D eigenvalue weighted by Gasteiger charge is 2.19. The van der Waals surface area contributed by atoms with Gasteiger partial charge in [0.25, 0.3) is 0 Å². The molecule has 0 amide bonds. The second-order valence-electron chi connectivity index (χ2n) is 15.6. The fourth-order valence-electron chi connectivity index (χ4n) is 6.13. The lowest BCUT2D eigenvalue weighted by Crippen LogP contribution is -2.30. The molecule has 0 spiro atoms. The van der Waals surface area contributed by atoms with Gasteiger partial charge in [-0.2, -0.15) is 0 Å². The van der Waals surface area contributed by atoms with Gasteiger partial charge in [0.2, 0.25) is 0 Å². The van der Waals surface area contributed by atoms with Gasteiger partial charge >= 0.3 is 17.9 Å². The van der Waals surface area contributed by atoms with Gasteiger partial charge in [-0.05, 0) is 116 Å². The monoisotopic (exact) mass is 845 g/mol. The topological polar surface area (TPSA) is 78.9 Å². The first-order valence-corrected chi connectivity index (χ1v) is 24.4. The summed E-state index contributed by atoms with van der Waals surface area (Å²) in [5, 5.41) is 0. The van der Waals surface area contributed by atoms with Crippen LogP contribution < -0.4 is 0 Å². The van der Waals surface area contributed by atoms with E-state index in [1.807, 2.05) is 0 Å². The second-order valence-corrected chi connectivity index (χ2v) is 15.6. The molecule has 0 heterocycles.